The smallest absolute Gasteiger partial charge is 0.224 e. The fourth-order valence-corrected chi connectivity index (χ4v) is 2.00. The summed E-state index contributed by atoms with van der Waals surface area (Å²) in [6, 6.07) is 7.38. The first-order valence-corrected chi connectivity index (χ1v) is 7.15. The van der Waals surface area contributed by atoms with Crippen LogP contribution in [0, 0.1) is 0 Å². The largest absolute Gasteiger partial charge is 0.352 e. The van der Waals surface area contributed by atoms with Gasteiger partial charge in [0.1, 0.15) is 5.82 Å². The summed E-state index contributed by atoms with van der Waals surface area (Å²) in [7, 11) is 0. The van der Waals surface area contributed by atoms with E-state index in [2.05, 4.69) is 34.4 Å². The van der Waals surface area contributed by atoms with E-state index in [0.717, 1.165) is 12.1 Å². The molecule has 1 atom stereocenters. The molecule has 20 heavy (non-hydrogen) atoms. The maximum atomic E-state index is 6.12. The Bertz CT molecular complexity index is 589. The van der Waals surface area contributed by atoms with E-state index in [1.165, 1.54) is 0 Å². The van der Waals surface area contributed by atoms with Gasteiger partial charge in [0, 0.05) is 17.3 Å². The highest BCUT2D eigenvalue weighted by Crippen LogP contribution is 2.27. The first-order chi connectivity index (χ1) is 9.58. The summed E-state index contributed by atoms with van der Waals surface area (Å²) in [6.07, 6.45) is 2.70. The maximum absolute atomic E-state index is 6.12. The summed E-state index contributed by atoms with van der Waals surface area (Å²) in [5.41, 5.74) is 0.754. The molecule has 1 unspecified atom stereocenters. The second-order valence-corrected chi connectivity index (χ2v) is 5.31. The number of hydrogen-bond donors (Lipinski definition) is 2. The molecule has 6 heteroatoms. The molecule has 0 saturated heterocycles. The van der Waals surface area contributed by atoms with Crippen LogP contribution in [0.4, 0.5) is 17.5 Å². The number of hydrogen-bond acceptors (Lipinski definition) is 4. The van der Waals surface area contributed by atoms with Crippen LogP contribution < -0.4 is 10.6 Å². The van der Waals surface area contributed by atoms with Crippen molar-refractivity contribution in [3.05, 3.63) is 40.5 Å². The molecule has 106 valence electrons. The van der Waals surface area contributed by atoms with Gasteiger partial charge in [0.05, 0.1) is 10.7 Å². The Labute approximate surface area is 128 Å². The Balaban J connectivity index is 2.15. The van der Waals surface area contributed by atoms with Crippen molar-refractivity contribution in [3.8, 4) is 0 Å². The van der Waals surface area contributed by atoms with Crippen LogP contribution in [0.5, 0.6) is 0 Å². The van der Waals surface area contributed by atoms with Crippen molar-refractivity contribution >= 4 is 40.7 Å². The molecule has 1 heterocycles. The Kier molecular flexibility index (Phi) is 5.04. The molecule has 1 aromatic carbocycles. The van der Waals surface area contributed by atoms with Crippen molar-refractivity contribution in [1.82, 2.24) is 9.97 Å². The second-order valence-electron chi connectivity index (χ2n) is 4.47. The highest BCUT2D eigenvalue weighted by Gasteiger charge is 2.05. The summed E-state index contributed by atoms with van der Waals surface area (Å²) in [5.74, 6) is 1.27. The third-order valence-corrected chi connectivity index (χ3v) is 3.39. The van der Waals surface area contributed by atoms with E-state index in [1.54, 1.807) is 24.4 Å². The van der Waals surface area contributed by atoms with Gasteiger partial charge in [0.2, 0.25) is 5.95 Å². The minimum atomic E-state index is 0.323. The molecule has 1 aromatic heterocycles. The van der Waals surface area contributed by atoms with Gasteiger partial charge in [-0.2, -0.15) is 4.98 Å². The van der Waals surface area contributed by atoms with Gasteiger partial charge < -0.3 is 10.6 Å². The molecule has 2 rings (SSSR count). The van der Waals surface area contributed by atoms with Crippen LogP contribution in [-0.2, 0) is 0 Å². The molecule has 0 aliphatic rings. The molecule has 4 nitrogen and oxygen atoms in total. The number of rotatable bonds is 5. The third-order valence-electron chi connectivity index (χ3n) is 2.84. The number of benzene rings is 1. The van der Waals surface area contributed by atoms with Crippen molar-refractivity contribution in [2.75, 3.05) is 10.6 Å². The van der Waals surface area contributed by atoms with Gasteiger partial charge in [0.15, 0.2) is 0 Å². The average Bonchev–Trinajstić information content (AvgIpc) is 2.42. The normalized spacial score (nSPS) is 12.0. The van der Waals surface area contributed by atoms with Crippen LogP contribution in [0.25, 0.3) is 0 Å². The fraction of sp³-hybridized carbons (Fsp3) is 0.286. The second kappa shape index (κ2) is 6.77. The SMILES string of the molecule is CCC(C)Nc1nccc(Nc2ccc(Cl)cc2Cl)n1. The van der Waals surface area contributed by atoms with Crippen molar-refractivity contribution in [2.24, 2.45) is 0 Å². The summed E-state index contributed by atoms with van der Waals surface area (Å²) < 4.78 is 0. The molecule has 0 saturated carbocycles. The topological polar surface area (TPSA) is 49.8 Å². The van der Waals surface area contributed by atoms with Crippen LogP contribution in [0.2, 0.25) is 10.0 Å². The highest BCUT2D eigenvalue weighted by molar-refractivity contribution is 6.36. The first kappa shape index (κ1) is 14.9. The lowest BCUT2D eigenvalue weighted by Gasteiger charge is -2.12. The Morgan fingerprint density at radius 2 is 2.05 bits per heavy atom. The lowest BCUT2D eigenvalue weighted by molar-refractivity contribution is 0.753. The molecule has 0 bridgehead atoms. The average molecular weight is 311 g/mol. The summed E-state index contributed by atoms with van der Waals surface area (Å²) >= 11 is 12.0. The molecule has 0 spiro atoms. The van der Waals surface area contributed by atoms with Crippen molar-refractivity contribution in [1.29, 1.82) is 0 Å². The zero-order valence-electron chi connectivity index (χ0n) is 11.3. The van der Waals surface area contributed by atoms with Crippen LogP contribution in [-0.4, -0.2) is 16.0 Å². The quantitative estimate of drug-likeness (QED) is 0.837. The zero-order valence-corrected chi connectivity index (χ0v) is 12.8. The van der Waals surface area contributed by atoms with E-state index in [9.17, 15) is 0 Å². The standard InChI is InChI=1S/C14H16Cl2N4/c1-3-9(2)18-14-17-7-6-13(20-14)19-12-5-4-10(15)8-11(12)16/h4-9H,3H2,1-2H3,(H2,17,18,19,20). The van der Waals surface area contributed by atoms with Crippen LogP contribution in [0.15, 0.2) is 30.5 Å². The molecule has 2 aromatic rings. The van der Waals surface area contributed by atoms with E-state index in [4.69, 9.17) is 23.2 Å². The van der Waals surface area contributed by atoms with E-state index in [-0.39, 0.29) is 0 Å². The molecule has 2 N–H and O–H groups in total. The van der Waals surface area contributed by atoms with Gasteiger partial charge in [-0.15, -0.1) is 0 Å². The Hall–Kier alpha value is -1.52. The maximum Gasteiger partial charge on any atom is 0.224 e. The van der Waals surface area contributed by atoms with Gasteiger partial charge >= 0.3 is 0 Å². The van der Waals surface area contributed by atoms with Crippen LogP contribution in [0.3, 0.4) is 0 Å². The summed E-state index contributed by atoms with van der Waals surface area (Å²) in [5, 5.41) is 7.52. The van der Waals surface area contributed by atoms with Gasteiger partial charge in [-0.25, -0.2) is 4.98 Å². The fourth-order valence-electron chi connectivity index (χ4n) is 1.55. The molecule has 0 radical (unpaired) electrons. The highest BCUT2D eigenvalue weighted by atomic mass is 35.5. The van der Waals surface area contributed by atoms with Crippen molar-refractivity contribution in [3.63, 3.8) is 0 Å². The predicted molar refractivity (Wildman–Crippen MR) is 85.2 cm³/mol. The number of nitrogens with one attached hydrogen (secondary N) is 2. The van der Waals surface area contributed by atoms with E-state index < -0.39 is 0 Å². The lowest BCUT2D eigenvalue weighted by Crippen LogP contribution is -2.15. The van der Waals surface area contributed by atoms with Crippen molar-refractivity contribution in [2.45, 2.75) is 26.3 Å². The van der Waals surface area contributed by atoms with Gasteiger partial charge in [0.25, 0.3) is 0 Å². The summed E-state index contributed by atoms with van der Waals surface area (Å²) in [6.45, 7) is 4.19. The number of aromatic nitrogens is 2. The summed E-state index contributed by atoms with van der Waals surface area (Å²) in [4.78, 5) is 8.58. The van der Waals surface area contributed by atoms with Gasteiger partial charge in [-0.3, -0.25) is 0 Å². The van der Waals surface area contributed by atoms with E-state index in [1.807, 2.05) is 6.07 Å². The minimum absolute atomic E-state index is 0.323. The number of nitrogens with zero attached hydrogens (tertiary/aromatic N) is 2. The van der Waals surface area contributed by atoms with Crippen LogP contribution >= 0.6 is 23.2 Å². The molecule has 0 fully saturated rings. The minimum Gasteiger partial charge on any atom is -0.352 e. The number of halogens is 2. The molecular formula is C14H16Cl2N4. The zero-order chi connectivity index (χ0) is 14.5. The van der Waals surface area contributed by atoms with Gasteiger partial charge in [-0.1, -0.05) is 30.1 Å². The van der Waals surface area contributed by atoms with Crippen LogP contribution in [0.1, 0.15) is 20.3 Å². The lowest BCUT2D eigenvalue weighted by atomic mass is 10.3. The van der Waals surface area contributed by atoms with Crippen molar-refractivity contribution < 1.29 is 0 Å². The molecule has 0 amide bonds. The molecular weight excluding hydrogens is 295 g/mol. The Morgan fingerprint density at radius 3 is 2.75 bits per heavy atom. The Morgan fingerprint density at radius 1 is 1.25 bits per heavy atom. The van der Waals surface area contributed by atoms with E-state index >= 15 is 0 Å². The number of anilines is 3. The monoisotopic (exact) mass is 310 g/mol. The third kappa shape index (κ3) is 3.99. The first-order valence-electron chi connectivity index (χ1n) is 6.40. The van der Waals surface area contributed by atoms with E-state index in [0.29, 0.717) is 27.9 Å². The molecule has 0 aliphatic carbocycles. The molecule has 0 aliphatic heterocycles. The van der Waals surface area contributed by atoms with Gasteiger partial charge in [-0.05, 0) is 37.6 Å². The predicted octanol–water partition coefficient (Wildman–Crippen LogP) is 4.74.